The number of nitrogens with zero attached hydrogens (tertiary/aromatic N) is 3. The molecular weight excluding hydrogens is 182 g/mol. The molecular formula is C9H7N3S. The highest BCUT2D eigenvalue weighted by atomic mass is 32.1. The molecule has 64 valence electrons. The van der Waals surface area contributed by atoms with E-state index < -0.39 is 0 Å². The molecule has 3 rings (SSSR count). The van der Waals surface area contributed by atoms with E-state index in [0.717, 1.165) is 16.2 Å². The summed E-state index contributed by atoms with van der Waals surface area (Å²) in [4.78, 5) is 5.59. The molecule has 0 bridgehead atoms. The highest BCUT2D eigenvalue weighted by Crippen LogP contribution is 2.24. The molecule has 0 radical (unpaired) electrons. The highest BCUT2D eigenvalue weighted by molar-refractivity contribution is 7.23. The Hall–Kier alpha value is -1.42. The van der Waals surface area contributed by atoms with Crippen LogP contribution in [0.1, 0.15) is 5.69 Å². The molecule has 0 unspecified atom stereocenters. The minimum atomic E-state index is 0.963. The van der Waals surface area contributed by atoms with E-state index in [2.05, 4.69) is 16.1 Å². The first-order chi connectivity index (χ1) is 6.34. The average Bonchev–Trinajstić information content (AvgIpc) is 2.64. The highest BCUT2D eigenvalue weighted by Gasteiger charge is 2.05. The summed E-state index contributed by atoms with van der Waals surface area (Å²) in [5, 5.41) is 4.21. The fourth-order valence-corrected chi connectivity index (χ4v) is 2.34. The second-order valence-electron chi connectivity index (χ2n) is 2.96. The summed E-state index contributed by atoms with van der Waals surface area (Å²) in [6.07, 6.45) is 1.80. The van der Waals surface area contributed by atoms with E-state index in [1.54, 1.807) is 17.5 Å². The predicted octanol–water partition coefficient (Wildman–Crippen LogP) is 2.25. The van der Waals surface area contributed by atoms with E-state index in [1.807, 2.05) is 23.6 Å². The van der Waals surface area contributed by atoms with Crippen molar-refractivity contribution in [1.82, 2.24) is 14.6 Å². The molecule has 0 amide bonds. The van der Waals surface area contributed by atoms with Crippen LogP contribution in [0.4, 0.5) is 0 Å². The molecule has 13 heavy (non-hydrogen) atoms. The maximum atomic E-state index is 4.45. The summed E-state index contributed by atoms with van der Waals surface area (Å²) < 4.78 is 3.07. The Balaban J connectivity index is 2.61. The van der Waals surface area contributed by atoms with Gasteiger partial charge in [0.15, 0.2) is 5.65 Å². The van der Waals surface area contributed by atoms with E-state index >= 15 is 0 Å². The van der Waals surface area contributed by atoms with Crippen molar-refractivity contribution < 1.29 is 0 Å². The number of pyridine rings is 1. The summed E-state index contributed by atoms with van der Waals surface area (Å²) >= 11 is 1.72. The van der Waals surface area contributed by atoms with Crippen molar-refractivity contribution >= 4 is 26.5 Å². The van der Waals surface area contributed by atoms with Crippen LogP contribution < -0.4 is 0 Å². The summed E-state index contributed by atoms with van der Waals surface area (Å²) in [5.41, 5.74) is 1.99. The third kappa shape index (κ3) is 0.890. The zero-order chi connectivity index (χ0) is 8.84. The summed E-state index contributed by atoms with van der Waals surface area (Å²) in [6, 6.07) is 6.12. The minimum absolute atomic E-state index is 0.963. The van der Waals surface area contributed by atoms with Crippen molar-refractivity contribution in [2.45, 2.75) is 6.92 Å². The number of fused-ring (bicyclic) bond motifs is 3. The Labute approximate surface area is 78.6 Å². The van der Waals surface area contributed by atoms with Crippen LogP contribution in [0.15, 0.2) is 24.4 Å². The van der Waals surface area contributed by atoms with Gasteiger partial charge in [0.25, 0.3) is 0 Å². The van der Waals surface area contributed by atoms with Crippen LogP contribution in [0.5, 0.6) is 0 Å². The molecule has 0 spiro atoms. The molecule has 4 heteroatoms. The lowest BCUT2D eigenvalue weighted by Crippen LogP contribution is -1.87. The smallest absolute Gasteiger partial charge is 0.172 e. The van der Waals surface area contributed by atoms with Gasteiger partial charge in [0.2, 0.25) is 0 Å². The van der Waals surface area contributed by atoms with Gasteiger partial charge in [-0.15, -0.1) is 11.3 Å². The molecule has 3 aromatic heterocycles. The third-order valence-electron chi connectivity index (χ3n) is 2.00. The predicted molar refractivity (Wildman–Crippen MR) is 53.1 cm³/mol. The van der Waals surface area contributed by atoms with E-state index in [9.17, 15) is 0 Å². The maximum Gasteiger partial charge on any atom is 0.172 e. The molecule has 0 aliphatic rings. The first kappa shape index (κ1) is 7.03. The Morgan fingerprint density at radius 3 is 3.15 bits per heavy atom. The molecule has 0 aromatic carbocycles. The quantitative estimate of drug-likeness (QED) is 0.543. The van der Waals surface area contributed by atoms with Gasteiger partial charge in [-0.3, -0.25) is 0 Å². The maximum absolute atomic E-state index is 4.45. The summed E-state index contributed by atoms with van der Waals surface area (Å²) in [6.45, 7) is 1.99. The number of rotatable bonds is 0. The summed E-state index contributed by atoms with van der Waals surface area (Å²) in [5.74, 6) is 0. The minimum Gasteiger partial charge on any atom is -0.233 e. The van der Waals surface area contributed by atoms with Crippen molar-refractivity contribution in [3.8, 4) is 0 Å². The van der Waals surface area contributed by atoms with E-state index in [1.165, 1.54) is 4.70 Å². The van der Waals surface area contributed by atoms with Gasteiger partial charge in [-0.1, -0.05) is 0 Å². The first-order valence-electron chi connectivity index (χ1n) is 4.04. The fourth-order valence-electron chi connectivity index (χ4n) is 1.40. The second kappa shape index (κ2) is 2.29. The summed E-state index contributed by atoms with van der Waals surface area (Å²) in [7, 11) is 0. The van der Waals surface area contributed by atoms with Crippen molar-refractivity contribution in [3.05, 3.63) is 30.1 Å². The SMILES string of the molecule is Cc1ccc2sc3ccnn3c2n1. The average molecular weight is 189 g/mol. The van der Waals surface area contributed by atoms with Crippen molar-refractivity contribution in [2.24, 2.45) is 0 Å². The third-order valence-corrected chi connectivity index (χ3v) is 3.06. The lowest BCUT2D eigenvalue weighted by Gasteiger charge is -1.91. The Morgan fingerprint density at radius 2 is 2.23 bits per heavy atom. The topological polar surface area (TPSA) is 30.2 Å². The van der Waals surface area contributed by atoms with Gasteiger partial charge in [-0.25, -0.2) is 9.50 Å². The molecule has 0 saturated carbocycles. The fraction of sp³-hybridized carbons (Fsp3) is 0.111. The van der Waals surface area contributed by atoms with Gasteiger partial charge in [0.1, 0.15) is 4.83 Å². The zero-order valence-electron chi connectivity index (χ0n) is 7.06. The molecule has 3 nitrogen and oxygen atoms in total. The molecule has 0 atom stereocenters. The van der Waals surface area contributed by atoms with Crippen molar-refractivity contribution in [1.29, 1.82) is 0 Å². The van der Waals surface area contributed by atoms with E-state index in [-0.39, 0.29) is 0 Å². The number of hydrogen-bond acceptors (Lipinski definition) is 3. The number of aromatic nitrogens is 3. The Bertz CT molecular complexity index is 579. The molecule has 0 aliphatic heterocycles. The number of thiazole rings is 1. The van der Waals surface area contributed by atoms with Gasteiger partial charge in [-0.05, 0) is 25.1 Å². The van der Waals surface area contributed by atoms with E-state index in [0.29, 0.717) is 0 Å². The standard InChI is InChI=1S/C9H7N3S/c1-6-2-3-7-9(11-6)12-8(13-7)4-5-10-12/h2-5H,1H3. The van der Waals surface area contributed by atoms with Gasteiger partial charge in [-0.2, -0.15) is 5.10 Å². The number of aryl methyl sites for hydroxylation is 1. The lowest BCUT2D eigenvalue weighted by molar-refractivity contribution is 0.989. The normalized spacial score (nSPS) is 11.5. The largest absolute Gasteiger partial charge is 0.233 e. The van der Waals surface area contributed by atoms with Crippen LogP contribution in [-0.2, 0) is 0 Å². The van der Waals surface area contributed by atoms with Crippen LogP contribution in [0.2, 0.25) is 0 Å². The zero-order valence-corrected chi connectivity index (χ0v) is 7.88. The lowest BCUT2D eigenvalue weighted by atomic mass is 10.4. The Kier molecular flexibility index (Phi) is 1.24. The van der Waals surface area contributed by atoms with Crippen LogP contribution >= 0.6 is 11.3 Å². The molecule has 0 aliphatic carbocycles. The molecule has 3 aromatic rings. The van der Waals surface area contributed by atoms with Gasteiger partial charge >= 0.3 is 0 Å². The van der Waals surface area contributed by atoms with Crippen LogP contribution in [0.25, 0.3) is 15.2 Å². The molecule has 0 N–H and O–H groups in total. The molecule has 0 saturated heterocycles. The monoisotopic (exact) mass is 189 g/mol. The van der Waals surface area contributed by atoms with Gasteiger partial charge in [0.05, 0.1) is 10.9 Å². The van der Waals surface area contributed by atoms with Crippen LogP contribution in [-0.4, -0.2) is 14.6 Å². The molecule has 3 heterocycles. The van der Waals surface area contributed by atoms with Crippen LogP contribution in [0, 0.1) is 6.92 Å². The van der Waals surface area contributed by atoms with Crippen molar-refractivity contribution in [2.75, 3.05) is 0 Å². The van der Waals surface area contributed by atoms with E-state index in [4.69, 9.17) is 0 Å². The van der Waals surface area contributed by atoms with Gasteiger partial charge < -0.3 is 0 Å². The number of hydrogen-bond donors (Lipinski definition) is 0. The van der Waals surface area contributed by atoms with Gasteiger partial charge in [0, 0.05) is 5.69 Å². The second-order valence-corrected chi connectivity index (χ2v) is 4.02. The Morgan fingerprint density at radius 1 is 1.31 bits per heavy atom. The first-order valence-corrected chi connectivity index (χ1v) is 4.86. The van der Waals surface area contributed by atoms with Crippen LogP contribution in [0.3, 0.4) is 0 Å². The molecule has 0 fully saturated rings. The van der Waals surface area contributed by atoms with Crippen molar-refractivity contribution in [3.63, 3.8) is 0 Å².